The van der Waals surface area contributed by atoms with Crippen molar-refractivity contribution in [3.8, 4) is 0 Å². The van der Waals surface area contributed by atoms with Crippen LogP contribution in [0.1, 0.15) is 31.4 Å². The zero-order chi connectivity index (χ0) is 13.5. The highest BCUT2D eigenvalue weighted by atomic mass is 16.5. The molecule has 0 N–H and O–H groups in total. The first-order chi connectivity index (χ1) is 9.31. The van der Waals surface area contributed by atoms with Crippen LogP contribution in [0.25, 0.3) is 0 Å². The van der Waals surface area contributed by atoms with Gasteiger partial charge in [-0.05, 0) is 37.8 Å². The molecule has 0 unspecified atom stereocenters. The van der Waals surface area contributed by atoms with Crippen molar-refractivity contribution < 1.29 is 9.53 Å². The first kappa shape index (κ1) is 14.0. The third kappa shape index (κ3) is 4.03. The summed E-state index contributed by atoms with van der Waals surface area (Å²) in [5.74, 6) is 0.194. The number of nitrogens with zero attached hydrogens (tertiary/aromatic N) is 2. The SMILES string of the molecule is COCC[C@@H]1CCCCN1C(=O)Cc1ccccn1. The van der Waals surface area contributed by atoms with Gasteiger partial charge in [-0.15, -0.1) is 0 Å². The molecule has 4 heteroatoms. The summed E-state index contributed by atoms with van der Waals surface area (Å²) in [4.78, 5) is 18.6. The molecule has 19 heavy (non-hydrogen) atoms. The Morgan fingerprint density at radius 3 is 3.11 bits per heavy atom. The smallest absolute Gasteiger partial charge is 0.228 e. The predicted molar refractivity (Wildman–Crippen MR) is 73.8 cm³/mol. The van der Waals surface area contributed by atoms with Gasteiger partial charge in [0.2, 0.25) is 5.91 Å². The number of hydrogen-bond acceptors (Lipinski definition) is 3. The molecule has 1 aliphatic heterocycles. The van der Waals surface area contributed by atoms with Crippen LogP contribution in [0.4, 0.5) is 0 Å². The molecule has 2 heterocycles. The molecule has 0 aromatic carbocycles. The van der Waals surface area contributed by atoms with Gasteiger partial charge in [-0.1, -0.05) is 6.07 Å². The molecule has 0 radical (unpaired) electrons. The molecule has 0 bridgehead atoms. The average Bonchev–Trinajstić information content (AvgIpc) is 2.46. The van der Waals surface area contributed by atoms with Crippen molar-refractivity contribution in [2.75, 3.05) is 20.3 Å². The summed E-state index contributed by atoms with van der Waals surface area (Å²) in [6.07, 6.45) is 6.49. The zero-order valence-corrected chi connectivity index (χ0v) is 11.5. The van der Waals surface area contributed by atoms with E-state index in [2.05, 4.69) is 4.98 Å². The molecule has 1 atom stereocenters. The van der Waals surface area contributed by atoms with Crippen molar-refractivity contribution in [1.82, 2.24) is 9.88 Å². The maximum absolute atomic E-state index is 12.4. The number of carbonyl (C=O) groups excluding carboxylic acids is 1. The molecular formula is C15H22N2O2. The van der Waals surface area contributed by atoms with Gasteiger partial charge in [0, 0.05) is 38.2 Å². The Kier molecular flexibility index (Phi) is 5.33. The van der Waals surface area contributed by atoms with Crippen LogP contribution in [0.2, 0.25) is 0 Å². The van der Waals surface area contributed by atoms with E-state index in [1.807, 2.05) is 23.1 Å². The lowest BCUT2D eigenvalue weighted by Crippen LogP contribution is -2.45. The predicted octanol–water partition coefficient (Wildman–Crippen LogP) is 2.04. The second-order valence-corrected chi connectivity index (χ2v) is 5.02. The van der Waals surface area contributed by atoms with E-state index in [0.717, 1.165) is 38.1 Å². The van der Waals surface area contributed by atoms with Gasteiger partial charge in [0.05, 0.1) is 6.42 Å². The number of rotatable bonds is 5. The number of carbonyl (C=O) groups is 1. The van der Waals surface area contributed by atoms with Crippen LogP contribution >= 0.6 is 0 Å². The molecule has 1 saturated heterocycles. The number of amides is 1. The molecule has 0 saturated carbocycles. The number of hydrogen-bond donors (Lipinski definition) is 0. The van der Waals surface area contributed by atoms with Crippen LogP contribution < -0.4 is 0 Å². The lowest BCUT2D eigenvalue weighted by molar-refractivity contribution is -0.134. The van der Waals surface area contributed by atoms with E-state index in [4.69, 9.17) is 4.74 Å². The molecule has 0 spiro atoms. The second kappa shape index (κ2) is 7.24. The van der Waals surface area contributed by atoms with Gasteiger partial charge in [-0.2, -0.15) is 0 Å². The average molecular weight is 262 g/mol. The van der Waals surface area contributed by atoms with E-state index < -0.39 is 0 Å². The Morgan fingerprint density at radius 2 is 2.37 bits per heavy atom. The van der Waals surface area contributed by atoms with Gasteiger partial charge in [0.15, 0.2) is 0 Å². The lowest BCUT2D eigenvalue weighted by atomic mass is 9.99. The molecule has 1 amide bonds. The summed E-state index contributed by atoms with van der Waals surface area (Å²) >= 11 is 0. The molecule has 0 aliphatic carbocycles. The van der Waals surface area contributed by atoms with Crippen molar-refractivity contribution in [2.24, 2.45) is 0 Å². The number of piperidine rings is 1. The number of ether oxygens (including phenoxy) is 1. The van der Waals surface area contributed by atoms with Crippen molar-refractivity contribution >= 4 is 5.91 Å². The largest absolute Gasteiger partial charge is 0.385 e. The zero-order valence-electron chi connectivity index (χ0n) is 11.5. The van der Waals surface area contributed by atoms with Gasteiger partial charge < -0.3 is 9.64 Å². The minimum Gasteiger partial charge on any atom is -0.385 e. The van der Waals surface area contributed by atoms with E-state index in [0.29, 0.717) is 12.5 Å². The van der Waals surface area contributed by atoms with Crippen molar-refractivity contribution in [3.05, 3.63) is 30.1 Å². The minimum atomic E-state index is 0.194. The van der Waals surface area contributed by atoms with Gasteiger partial charge in [0.1, 0.15) is 0 Å². The Bertz CT molecular complexity index is 394. The summed E-state index contributed by atoms with van der Waals surface area (Å²) < 4.78 is 5.14. The fourth-order valence-electron chi connectivity index (χ4n) is 2.64. The Morgan fingerprint density at radius 1 is 1.47 bits per heavy atom. The monoisotopic (exact) mass is 262 g/mol. The molecule has 1 fully saturated rings. The van der Waals surface area contributed by atoms with Gasteiger partial charge in [-0.3, -0.25) is 9.78 Å². The van der Waals surface area contributed by atoms with E-state index in [-0.39, 0.29) is 5.91 Å². The summed E-state index contributed by atoms with van der Waals surface area (Å²) in [5.41, 5.74) is 0.851. The highest BCUT2D eigenvalue weighted by molar-refractivity contribution is 5.78. The number of methoxy groups -OCH3 is 1. The summed E-state index contributed by atoms with van der Waals surface area (Å²) in [6, 6.07) is 6.04. The van der Waals surface area contributed by atoms with E-state index in [9.17, 15) is 4.79 Å². The minimum absolute atomic E-state index is 0.194. The standard InChI is InChI=1S/C15H22N2O2/c1-19-11-8-14-7-3-5-10-17(14)15(18)12-13-6-2-4-9-16-13/h2,4,6,9,14H,3,5,7-8,10-12H2,1H3/t14-/m0/s1. The van der Waals surface area contributed by atoms with Crippen LogP contribution in [0.15, 0.2) is 24.4 Å². The van der Waals surface area contributed by atoms with Crippen molar-refractivity contribution in [1.29, 1.82) is 0 Å². The van der Waals surface area contributed by atoms with Gasteiger partial charge in [0.25, 0.3) is 0 Å². The number of likely N-dealkylation sites (tertiary alicyclic amines) is 1. The molecule has 104 valence electrons. The Balaban J connectivity index is 1.95. The lowest BCUT2D eigenvalue weighted by Gasteiger charge is -2.35. The van der Waals surface area contributed by atoms with Gasteiger partial charge in [-0.25, -0.2) is 0 Å². The quantitative estimate of drug-likeness (QED) is 0.815. The highest BCUT2D eigenvalue weighted by Crippen LogP contribution is 2.20. The Labute approximate surface area is 114 Å². The highest BCUT2D eigenvalue weighted by Gasteiger charge is 2.26. The normalized spacial score (nSPS) is 19.4. The van der Waals surface area contributed by atoms with Crippen molar-refractivity contribution in [2.45, 2.75) is 38.1 Å². The second-order valence-electron chi connectivity index (χ2n) is 5.02. The molecule has 1 aromatic heterocycles. The molecule has 1 aromatic rings. The molecular weight excluding hydrogens is 240 g/mol. The van der Waals surface area contributed by atoms with Crippen LogP contribution in [0.3, 0.4) is 0 Å². The summed E-state index contributed by atoms with van der Waals surface area (Å²) in [5, 5.41) is 0. The summed E-state index contributed by atoms with van der Waals surface area (Å²) in [6.45, 7) is 1.60. The topological polar surface area (TPSA) is 42.4 Å². The van der Waals surface area contributed by atoms with Crippen molar-refractivity contribution in [3.63, 3.8) is 0 Å². The third-order valence-corrected chi connectivity index (χ3v) is 3.66. The van der Waals surface area contributed by atoms with E-state index >= 15 is 0 Å². The number of pyridine rings is 1. The fourth-order valence-corrected chi connectivity index (χ4v) is 2.64. The van der Waals surface area contributed by atoms with Crippen LogP contribution in [0, 0.1) is 0 Å². The van der Waals surface area contributed by atoms with Crippen LogP contribution in [-0.4, -0.2) is 42.1 Å². The third-order valence-electron chi connectivity index (χ3n) is 3.66. The van der Waals surface area contributed by atoms with E-state index in [1.165, 1.54) is 6.42 Å². The van der Waals surface area contributed by atoms with Crippen LogP contribution in [0.5, 0.6) is 0 Å². The fraction of sp³-hybridized carbons (Fsp3) is 0.600. The molecule has 1 aliphatic rings. The Hall–Kier alpha value is -1.42. The molecule has 4 nitrogen and oxygen atoms in total. The van der Waals surface area contributed by atoms with E-state index in [1.54, 1.807) is 13.3 Å². The number of aromatic nitrogens is 1. The van der Waals surface area contributed by atoms with Crippen LogP contribution in [-0.2, 0) is 16.0 Å². The van der Waals surface area contributed by atoms with Gasteiger partial charge >= 0.3 is 0 Å². The molecule has 2 rings (SSSR count). The maximum Gasteiger partial charge on any atom is 0.228 e. The first-order valence-electron chi connectivity index (χ1n) is 6.99. The first-order valence-corrected chi connectivity index (χ1v) is 6.99. The summed E-state index contributed by atoms with van der Waals surface area (Å²) in [7, 11) is 1.71. The maximum atomic E-state index is 12.4.